The highest BCUT2D eigenvalue weighted by Crippen LogP contribution is 2.31. The predicted octanol–water partition coefficient (Wildman–Crippen LogP) is 3.16. The molecule has 1 unspecified atom stereocenters. The van der Waals surface area contributed by atoms with E-state index < -0.39 is 11.6 Å². The Morgan fingerprint density at radius 3 is 2.47 bits per heavy atom. The Morgan fingerprint density at radius 2 is 2.00 bits per heavy atom. The van der Waals surface area contributed by atoms with E-state index in [9.17, 15) is 13.6 Å². The van der Waals surface area contributed by atoms with Crippen molar-refractivity contribution in [3.8, 4) is 0 Å². The van der Waals surface area contributed by atoms with Crippen LogP contribution < -0.4 is 4.90 Å². The molecule has 17 heavy (non-hydrogen) atoms. The number of halogens is 4. The molecule has 2 nitrogen and oxygen atoms in total. The van der Waals surface area contributed by atoms with Gasteiger partial charge in [-0.3, -0.25) is 4.79 Å². The number of amides is 1. The minimum Gasteiger partial charge on any atom is -0.307 e. The summed E-state index contributed by atoms with van der Waals surface area (Å²) in [5.74, 6) is -1.43. The SMILES string of the molecule is O=C1CC(CCl)CN1c1c(F)cc(I)cc1F. The summed E-state index contributed by atoms with van der Waals surface area (Å²) in [4.78, 5) is 12.8. The zero-order valence-corrected chi connectivity index (χ0v) is 11.6. The normalized spacial score (nSPS) is 20.1. The summed E-state index contributed by atoms with van der Waals surface area (Å²) in [5, 5.41) is 0. The second-order valence-electron chi connectivity index (χ2n) is 3.95. The molecule has 0 radical (unpaired) electrons. The monoisotopic (exact) mass is 371 g/mol. The maximum absolute atomic E-state index is 13.7. The molecule has 0 N–H and O–H groups in total. The number of rotatable bonds is 2. The number of benzene rings is 1. The first-order valence-electron chi connectivity index (χ1n) is 5.03. The maximum atomic E-state index is 13.7. The second kappa shape index (κ2) is 5.06. The average Bonchev–Trinajstić information content (AvgIpc) is 2.59. The molecular weight excluding hydrogens is 362 g/mol. The summed E-state index contributed by atoms with van der Waals surface area (Å²) in [7, 11) is 0. The van der Waals surface area contributed by atoms with Gasteiger partial charge >= 0.3 is 0 Å². The van der Waals surface area contributed by atoms with Gasteiger partial charge in [0.2, 0.25) is 5.91 Å². The number of carbonyl (C=O) groups excluding carboxylic acids is 1. The van der Waals surface area contributed by atoms with Gasteiger partial charge in [0.15, 0.2) is 11.6 Å². The van der Waals surface area contributed by atoms with Crippen LogP contribution in [0.4, 0.5) is 14.5 Å². The minimum atomic E-state index is -0.710. The third kappa shape index (κ3) is 2.54. The molecule has 0 aliphatic carbocycles. The van der Waals surface area contributed by atoms with Crippen LogP contribution in [0.5, 0.6) is 0 Å². The first kappa shape index (κ1) is 13.0. The smallest absolute Gasteiger partial charge is 0.227 e. The molecule has 0 bridgehead atoms. The molecule has 0 saturated carbocycles. The summed E-state index contributed by atoms with van der Waals surface area (Å²) in [5.41, 5.74) is -0.261. The van der Waals surface area contributed by atoms with Gasteiger partial charge in [-0.15, -0.1) is 11.6 Å². The van der Waals surface area contributed by atoms with Crippen LogP contribution in [0.3, 0.4) is 0 Å². The molecule has 1 fully saturated rings. The second-order valence-corrected chi connectivity index (χ2v) is 5.50. The van der Waals surface area contributed by atoms with E-state index in [2.05, 4.69) is 0 Å². The lowest BCUT2D eigenvalue weighted by Crippen LogP contribution is -2.27. The Kier molecular flexibility index (Phi) is 3.87. The molecule has 0 aromatic heterocycles. The number of hydrogen-bond donors (Lipinski definition) is 0. The van der Waals surface area contributed by atoms with Gasteiger partial charge in [-0.25, -0.2) is 8.78 Å². The van der Waals surface area contributed by atoms with Crippen molar-refractivity contribution in [1.82, 2.24) is 0 Å². The van der Waals surface area contributed by atoms with Crippen molar-refractivity contribution in [2.45, 2.75) is 6.42 Å². The van der Waals surface area contributed by atoms with Crippen molar-refractivity contribution in [3.05, 3.63) is 27.3 Å². The molecule has 1 aromatic rings. The molecule has 6 heteroatoms. The van der Waals surface area contributed by atoms with Crippen LogP contribution in [0.15, 0.2) is 12.1 Å². The van der Waals surface area contributed by atoms with E-state index in [1.807, 2.05) is 22.6 Å². The molecule has 1 aliphatic rings. The highest BCUT2D eigenvalue weighted by atomic mass is 127. The molecule has 1 aromatic carbocycles. The van der Waals surface area contributed by atoms with Gasteiger partial charge in [0.05, 0.1) is 0 Å². The lowest BCUT2D eigenvalue weighted by molar-refractivity contribution is -0.117. The Balaban J connectivity index is 2.38. The summed E-state index contributed by atoms with van der Waals surface area (Å²) in [6.07, 6.45) is 0.244. The number of carbonyl (C=O) groups is 1. The number of hydrogen-bond acceptors (Lipinski definition) is 1. The summed E-state index contributed by atoms with van der Waals surface area (Å²) < 4.78 is 27.9. The number of nitrogens with zero attached hydrogens (tertiary/aromatic N) is 1. The number of anilines is 1. The minimum absolute atomic E-state index is 0.0396. The van der Waals surface area contributed by atoms with Crippen LogP contribution in [0.25, 0.3) is 0 Å². The summed E-state index contributed by atoms with van der Waals surface area (Å²) in [6, 6.07) is 2.42. The van der Waals surface area contributed by atoms with Gasteiger partial charge in [0.1, 0.15) is 5.69 Å². The van der Waals surface area contributed by atoms with Gasteiger partial charge in [-0.2, -0.15) is 0 Å². The largest absolute Gasteiger partial charge is 0.307 e. The van der Waals surface area contributed by atoms with Crippen molar-refractivity contribution < 1.29 is 13.6 Å². The predicted molar refractivity (Wildman–Crippen MR) is 70.3 cm³/mol. The fraction of sp³-hybridized carbons (Fsp3) is 0.364. The van der Waals surface area contributed by atoms with E-state index in [-0.39, 0.29) is 30.5 Å². The van der Waals surface area contributed by atoms with E-state index in [1.165, 1.54) is 12.1 Å². The van der Waals surface area contributed by atoms with Crippen LogP contribution >= 0.6 is 34.2 Å². The Morgan fingerprint density at radius 1 is 1.41 bits per heavy atom. The van der Waals surface area contributed by atoms with Crippen LogP contribution in [-0.4, -0.2) is 18.3 Å². The zero-order chi connectivity index (χ0) is 12.6. The van der Waals surface area contributed by atoms with Gasteiger partial charge in [-0.05, 0) is 40.6 Å². The third-order valence-corrected chi connectivity index (χ3v) is 3.73. The Bertz CT molecular complexity index is 446. The summed E-state index contributed by atoms with van der Waals surface area (Å²) >= 11 is 7.49. The molecular formula is C11H9ClF2INO. The molecule has 1 heterocycles. The highest BCUT2D eigenvalue weighted by Gasteiger charge is 2.33. The molecule has 1 atom stereocenters. The molecule has 2 rings (SSSR count). The van der Waals surface area contributed by atoms with Crippen LogP contribution in [0.2, 0.25) is 0 Å². The molecule has 1 aliphatic heterocycles. The highest BCUT2D eigenvalue weighted by molar-refractivity contribution is 14.1. The number of alkyl halides is 1. The van der Waals surface area contributed by atoms with Crippen molar-refractivity contribution in [2.24, 2.45) is 5.92 Å². The van der Waals surface area contributed by atoms with Crippen molar-refractivity contribution in [1.29, 1.82) is 0 Å². The van der Waals surface area contributed by atoms with E-state index in [0.717, 1.165) is 4.90 Å². The summed E-state index contributed by atoms with van der Waals surface area (Å²) in [6.45, 7) is 0.275. The lowest BCUT2D eigenvalue weighted by Gasteiger charge is -2.18. The van der Waals surface area contributed by atoms with Gasteiger partial charge in [-0.1, -0.05) is 0 Å². The maximum Gasteiger partial charge on any atom is 0.227 e. The van der Waals surface area contributed by atoms with Crippen molar-refractivity contribution in [2.75, 3.05) is 17.3 Å². The van der Waals surface area contributed by atoms with E-state index in [4.69, 9.17) is 11.6 Å². The third-order valence-electron chi connectivity index (χ3n) is 2.67. The standard InChI is InChI=1S/C11H9ClF2INO/c12-4-6-1-10(17)16(5-6)11-8(13)2-7(15)3-9(11)14/h2-3,6H,1,4-5H2. The van der Waals surface area contributed by atoms with E-state index in [1.54, 1.807) is 0 Å². The zero-order valence-electron chi connectivity index (χ0n) is 8.72. The van der Waals surface area contributed by atoms with Crippen molar-refractivity contribution >= 4 is 45.8 Å². The molecule has 0 spiro atoms. The lowest BCUT2D eigenvalue weighted by atomic mass is 10.1. The fourth-order valence-electron chi connectivity index (χ4n) is 1.89. The van der Waals surface area contributed by atoms with Gasteiger partial charge < -0.3 is 4.90 Å². The molecule has 1 amide bonds. The topological polar surface area (TPSA) is 20.3 Å². The first-order chi connectivity index (χ1) is 8.02. The van der Waals surface area contributed by atoms with E-state index >= 15 is 0 Å². The molecule has 92 valence electrons. The molecule has 1 saturated heterocycles. The van der Waals surface area contributed by atoms with Crippen molar-refractivity contribution in [3.63, 3.8) is 0 Å². The quantitative estimate of drug-likeness (QED) is 0.578. The Labute approximate surface area is 116 Å². The van der Waals surface area contributed by atoms with Crippen LogP contribution in [0, 0.1) is 21.1 Å². The van der Waals surface area contributed by atoms with Gasteiger partial charge in [0, 0.05) is 22.4 Å². The van der Waals surface area contributed by atoms with Crippen LogP contribution in [0.1, 0.15) is 6.42 Å². The van der Waals surface area contributed by atoms with Gasteiger partial charge in [0.25, 0.3) is 0 Å². The van der Waals surface area contributed by atoms with E-state index in [0.29, 0.717) is 9.45 Å². The fourth-order valence-corrected chi connectivity index (χ4v) is 2.65. The van der Waals surface area contributed by atoms with Crippen LogP contribution in [-0.2, 0) is 4.79 Å². The average molecular weight is 372 g/mol. The Hall–Kier alpha value is -0.430. The first-order valence-corrected chi connectivity index (χ1v) is 6.65.